The van der Waals surface area contributed by atoms with Crippen LogP contribution in [0.3, 0.4) is 0 Å². The summed E-state index contributed by atoms with van der Waals surface area (Å²) in [5.74, 6) is 0.195. The molecule has 0 radical (unpaired) electrons. The van der Waals surface area contributed by atoms with Crippen molar-refractivity contribution in [2.45, 2.75) is 19.3 Å². The molecule has 1 amide bonds. The van der Waals surface area contributed by atoms with Crippen LogP contribution in [0.4, 0.5) is 0 Å². The maximum Gasteiger partial charge on any atom is 0.234 e. The Morgan fingerprint density at radius 2 is 2.18 bits per heavy atom. The van der Waals surface area contributed by atoms with Crippen molar-refractivity contribution >= 4 is 11.7 Å². The molecule has 5 N–H and O–H groups in total. The smallest absolute Gasteiger partial charge is 0.234 e. The molecule has 0 aliphatic carbocycles. The summed E-state index contributed by atoms with van der Waals surface area (Å²) in [5.41, 5.74) is 5.31. The van der Waals surface area contributed by atoms with E-state index in [0.717, 1.165) is 19.4 Å². The minimum Gasteiger partial charge on any atom is -0.409 e. The van der Waals surface area contributed by atoms with Gasteiger partial charge in [-0.25, -0.2) is 0 Å². The van der Waals surface area contributed by atoms with Gasteiger partial charge in [-0.15, -0.1) is 0 Å². The van der Waals surface area contributed by atoms with Crippen LogP contribution in [0.15, 0.2) is 5.16 Å². The number of rotatable bonds is 10. The minimum absolute atomic E-state index is 0.0431. The molecular weight excluding hydrogens is 224 g/mol. The lowest BCUT2D eigenvalue weighted by Crippen LogP contribution is -2.35. The zero-order valence-corrected chi connectivity index (χ0v) is 10.2. The number of hydrogen-bond donors (Lipinski definition) is 4. The van der Waals surface area contributed by atoms with E-state index in [1.165, 1.54) is 0 Å². The summed E-state index contributed by atoms with van der Waals surface area (Å²) in [4.78, 5) is 11.2. The lowest BCUT2D eigenvalue weighted by atomic mass is 10.2. The lowest BCUT2D eigenvalue weighted by Gasteiger charge is -2.06. The summed E-state index contributed by atoms with van der Waals surface area (Å²) in [6.45, 7) is 2.08. The van der Waals surface area contributed by atoms with Crippen LogP contribution < -0.4 is 16.4 Å². The van der Waals surface area contributed by atoms with Crippen LogP contribution in [-0.4, -0.2) is 50.3 Å². The maximum atomic E-state index is 11.2. The van der Waals surface area contributed by atoms with Gasteiger partial charge in [0.05, 0.1) is 13.2 Å². The fourth-order valence-electron chi connectivity index (χ4n) is 1.16. The Morgan fingerprint density at radius 1 is 1.41 bits per heavy atom. The minimum atomic E-state index is -0.0431. The van der Waals surface area contributed by atoms with Crippen LogP contribution in [0.25, 0.3) is 0 Å². The molecule has 0 unspecified atom stereocenters. The van der Waals surface area contributed by atoms with Crippen molar-refractivity contribution in [1.82, 2.24) is 10.6 Å². The average Bonchev–Trinajstić information content (AvgIpc) is 2.33. The quantitative estimate of drug-likeness (QED) is 0.133. The first-order valence-electron chi connectivity index (χ1n) is 5.63. The molecule has 0 atom stereocenters. The van der Waals surface area contributed by atoms with Crippen LogP contribution in [0.2, 0.25) is 0 Å². The second-order valence-corrected chi connectivity index (χ2v) is 3.57. The van der Waals surface area contributed by atoms with Gasteiger partial charge in [0.1, 0.15) is 5.84 Å². The molecule has 0 saturated heterocycles. The van der Waals surface area contributed by atoms with Gasteiger partial charge in [0, 0.05) is 20.1 Å². The van der Waals surface area contributed by atoms with Gasteiger partial charge in [0.2, 0.25) is 5.91 Å². The molecule has 100 valence electrons. The van der Waals surface area contributed by atoms with Gasteiger partial charge >= 0.3 is 0 Å². The SMILES string of the molecule is COCCNC(=O)CNCCCCC(N)=NO. The van der Waals surface area contributed by atoms with Crippen LogP contribution in [0.5, 0.6) is 0 Å². The second-order valence-electron chi connectivity index (χ2n) is 3.57. The number of ether oxygens (including phenoxy) is 1. The fraction of sp³-hybridized carbons (Fsp3) is 0.800. The molecule has 0 aromatic carbocycles. The first-order chi connectivity index (χ1) is 8.20. The van der Waals surface area contributed by atoms with E-state index in [1.807, 2.05) is 0 Å². The number of amidine groups is 1. The number of nitrogens with two attached hydrogens (primary N) is 1. The van der Waals surface area contributed by atoms with Crippen LogP contribution in [0, 0.1) is 0 Å². The highest BCUT2D eigenvalue weighted by molar-refractivity contribution is 5.79. The molecule has 0 bridgehead atoms. The maximum absolute atomic E-state index is 11.2. The Bertz CT molecular complexity index is 234. The van der Waals surface area contributed by atoms with Gasteiger partial charge in [0.15, 0.2) is 0 Å². The summed E-state index contributed by atoms with van der Waals surface area (Å²) in [5, 5.41) is 16.9. The molecule has 17 heavy (non-hydrogen) atoms. The molecule has 0 fully saturated rings. The Labute approximate surface area is 101 Å². The Hall–Kier alpha value is -1.34. The topological polar surface area (TPSA) is 109 Å². The summed E-state index contributed by atoms with van der Waals surface area (Å²) in [6, 6.07) is 0. The van der Waals surface area contributed by atoms with E-state index < -0.39 is 0 Å². The third-order valence-electron chi connectivity index (χ3n) is 2.08. The third kappa shape index (κ3) is 10.9. The first-order valence-corrected chi connectivity index (χ1v) is 5.63. The van der Waals surface area contributed by atoms with Crippen LogP contribution in [-0.2, 0) is 9.53 Å². The standard InChI is InChI=1S/C10H22N4O3/c1-17-7-6-13-10(15)8-12-5-3-2-4-9(11)14-16/h12,16H,2-8H2,1H3,(H2,11,14)(H,13,15). The molecule has 0 spiro atoms. The predicted molar refractivity (Wildman–Crippen MR) is 65.0 cm³/mol. The van der Waals surface area contributed by atoms with Crippen molar-refractivity contribution < 1.29 is 14.7 Å². The number of hydrogen-bond acceptors (Lipinski definition) is 5. The van der Waals surface area contributed by atoms with E-state index >= 15 is 0 Å². The van der Waals surface area contributed by atoms with E-state index in [4.69, 9.17) is 15.7 Å². The van der Waals surface area contributed by atoms with E-state index in [-0.39, 0.29) is 11.7 Å². The number of nitrogens with zero attached hydrogens (tertiary/aromatic N) is 1. The molecule has 0 saturated carbocycles. The molecule has 0 aliphatic heterocycles. The van der Waals surface area contributed by atoms with Crippen molar-refractivity contribution in [1.29, 1.82) is 0 Å². The average molecular weight is 246 g/mol. The molecule has 0 aliphatic rings. The van der Waals surface area contributed by atoms with Gasteiger partial charge in [-0.2, -0.15) is 0 Å². The predicted octanol–water partition coefficient (Wildman–Crippen LogP) is -0.745. The molecule has 0 rings (SSSR count). The van der Waals surface area contributed by atoms with Crippen LogP contribution in [0.1, 0.15) is 19.3 Å². The summed E-state index contributed by atoms with van der Waals surface area (Å²) in [7, 11) is 1.59. The highest BCUT2D eigenvalue weighted by Crippen LogP contribution is 1.93. The van der Waals surface area contributed by atoms with Crippen LogP contribution >= 0.6 is 0 Å². The Balaban J connectivity index is 3.25. The van der Waals surface area contributed by atoms with Gasteiger partial charge in [-0.05, 0) is 19.4 Å². The Kier molecular flexibility index (Phi) is 10.3. The van der Waals surface area contributed by atoms with Crippen molar-refractivity contribution in [3.05, 3.63) is 0 Å². The molecular formula is C10H22N4O3. The van der Waals surface area contributed by atoms with E-state index in [2.05, 4.69) is 15.8 Å². The van der Waals surface area contributed by atoms with Gasteiger partial charge in [0.25, 0.3) is 0 Å². The number of carbonyl (C=O) groups excluding carboxylic acids is 1. The highest BCUT2D eigenvalue weighted by Gasteiger charge is 1.99. The summed E-state index contributed by atoms with van der Waals surface area (Å²) < 4.78 is 4.80. The summed E-state index contributed by atoms with van der Waals surface area (Å²) >= 11 is 0. The largest absolute Gasteiger partial charge is 0.409 e. The van der Waals surface area contributed by atoms with Crippen molar-refractivity contribution in [3.63, 3.8) is 0 Å². The van der Waals surface area contributed by atoms with E-state index in [9.17, 15) is 4.79 Å². The van der Waals surface area contributed by atoms with Crippen molar-refractivity contribution in [3.8, 4) is 0 Å². The number of oxime groups is 1. The number of carbonyl (C=O) groups is 1. The molecule has 0 aromatic rings. The third-order valence-corrected chi connectivity index (χ3v) is 2.08. The molecule has 0 aromatic heterocycles. The molecule has 7 nitrogen and oxygen atoms in total. The number of methoxy groups -OCH3 is 1. The molecule has 0 heterocycles. The van der Waals surface area contributed by atoms with Gasteiger partial charge in [-0.1, -0.05) is 5.16 Å². The van der Waals surface area contributed by atoms with Crippen molar-refractivity contribution in [2.75, 3.05) is 33.4 Å². The summed E-state index contributed by atoms with van der Waals surface area (Å²) in [6.07, 6.45) is 2.27. The number of unbranched alkanes of at least 4 members (excludes halogenated alkanes) is 1. The monoisotopic (exact) mass is 246 g/mol. The fourth-order valence-corrected chi connectivity index (χ4v) is 1.16. The van der Waals surface area contributed by atoms with E-state index in [1.54, 1.807) is 7.11 Å². The number of nitrogens with one attached hydrogen (secondary N) is 2. The van der Waals surface area contributed by atoms with Gasteiger partial charge in [-0.3, -0.25) is 4.79 Å². The van der Waals surface area contributed by atoms with Gasteiger partial charge < -0.3 is 26.3 Å². The normalized spacial score (nSPS) is 11.5. The second kappa shape index (κ2) is 11.2. The zero-order valence-electron chi connectivity index (χ0n) is 10.2. The Morgan fingerprint density at radius 3 is 2.82 bits per heavy atom. The van der Waals surface area contributed by atoms with E-state index in [0.29, 0.717) is 26.1 Å². The van der Waals surface area contributed by atoms with Crippen molar-refractivity contribution in [2.24, 2.45) is 10.9 Å². The first kappa shape index (κ1) is 15.7. The zero-order chi connectivity index (χ0) is 12.9. The number of amides is 1. The highest BCUT2D eigenvalue weighted by atomic mass is 16.5. The lowest BCUT2D eigenvalue weighted by molar-refractivity contribution is -0.120. The molecule has 7 heteroatoms.